The van der Waals surface area contributed by atoms with E-state index in [2.05, 4.69) is 66.1 Å². The summed E-state index contributed by atoms with van der Waals surface area (Å²) < 4.78 is 0. The Morgan fingerprint density at radius 1 is 0.810 bits per heavy atom. The van der Waals surface area contributed by atoms with Gasteiger partial charge in [-0.25, -0.2) is 4.99 Å². The summed E-state index contributed by atoms with van der Waals surface area (Å²) >= 11 is 0. The molecule has 21 heavy (non-hydrogen) atoms. The number of aliphatic imine (C=N–C) groups is 1. The molecule has 0 bridgehead atoms. The predicted octanol–water partition coefficient (Wildman–Crippen LogP) is 2.92. The molecule has 4 heteroatoms. The van der Waals surface area contributed by atoms with Crippen molar-refractivity contribution in [2.75, 3.05) is 13.1 Å². The average molecular weight is 302 g/mol. The fourth-order valence-corrected chi connectivity index (χ4v) is 2.55. The lowest BCUT2D eigenvalue weighted by Gasteiger charge is -2.27. The van der Waals surface area contributed by atoms with E-state index in [-0.39, 0.29) is 17.9 Å². The molecule has 2 N–H and O–H groups in total. The van der Waals surface area contributed by atoms with Crippen molar-refractivity contribution in [1.29, 1.82) is 0 Å². The summed E-state index contributed by atoms with van der Waals surface area (Å²) in [4.78, 5) is 4.94. The van der Waals surface area contributed by atoms with Crippen LogP contribution in [0.4, 0.5) is 0 Å². The maximum Gasteiger partial charge on any atom is 0.192 e. The zero-order valence-electron chi connectivity index (χ0n) is 12.0. The van der Waals surface area contributed by atoms with Crippen LogP contribution < -0.4 is 10.6 Å². The van der Waals surface area contributed by atoms with Gasteiger partial charge in [0.15, 0.2) is 5.96 Å². The van der Waals surface area contributed by atoms with Crippen LogP contribution >= 0.6 is 12.4 Å². The van der Waals surface area contributed by atoms with Crippen molar-refractivity contribution in [3.8, 4) is 0 Å². The van der Waals surface area contributed by atoms with E-state index in [9.17, 15) is 0 Å². The molecule has 0 amide bonds. The predicted molar refractivity (Wildman–Crippen MR) is 90.0 cm³/mol. The molecule has 0 atom stereocenters. The highest BCUT2D eigenvalue weighted by atomic mass is 35.5. The second-order valence-electron chi connectivity index (χ2n) is 5.12. The van der Waals surface area contributed by atoms with Crippen molar-refractivity contribution in [3.05, 3.63) is 71.8 Å². The second kappa shape index (κ2) is 6.64. The van der Waals surface area contributed by atoms with Crippen LogP contribution in [-0.2, 0) is 5.54 Å². The molecule has 0 aliphatic carbocycles. The highest BCUT2D eigenvalue weighted by Crippen LogP contribution is 2.33. The van der Waals surface area contributed by atoms with E-state index in [1.54, 1.807) is 0 Å². The van der Waals surface area contributed by atoms with E-state index in [1.807, 2.05) is 12.1 Å². The second-order valence-corrected chi connectivity index (χ2v) is 5.12. The first-order valence-electron chi connectivity index (χ1n) is 6.98. The van der Waals surface area contributed by atoms with E-state index < -0.39 is 0 Å². The molecule has 1 aliphatic heterocycles. The number of nitrogens with one attached hydrogen (secondary N) is 2. The van der Waals surface area contributed by atoms with Gasteiger partial charge in [-0.3, -0.25) is 0 Å². The first-order chi connectivity index (χ1) is 9.79. The van der Waals surface area contributed by atoms with Crippen molar-refractivity contribution in [2.45, 2.75) is 12.5 Å². The van der Waals surface area contributed by atoms with Gasteiger partial charge in [0.05, 0.1) is 0 Å². The Hall–Kier alpha value is -2.00. The average Bonchev–Trinajstić information content (AvgIpc) is 3.02. The minimum Gasteiger partial charge on any atom is -0.355 e. The number of nitrogens with zero attached hydrogens (tertiary/aromatic N) is 1. The summed E-state index contributed by atoms with van der Waals surface area (Å²) in [6.07, 6.45) is 0. The Morgan fingerprint density at radius 2 is 1.24 bits per heavy atom. The van der Waals surface area contributed by atoms with Crippen LogP contribution in [-0.4, -0.2) is 19.0 Å². The Labute approximate surface area is 131 Å². The van der Waals surface area contributed by atoms with Crippen LogP contribution in [0, 0.1) is 0 Å². The first-order valence-corrected chi connectivity index (χ1v) is 6.98. The van der Waals surface area contributed by atoms with Crippen LogP contribution in [0.1, 0.15) is 18.1 Å². The Morgan fingerprint density at radius 3 is 1.67 bits per heavy atom. The molecular weight excluding hydrogens is 282 g/mol. The van der Waals surface area contributed by atoms with Crippen molar-refractivity contribution < 1.29 is 0 Å². The summed E-state index contributed by atoms with van der Waals surface area (Å²) in [6.45, 7) is 4.02. The summed E-state index contributed by atoms with van der Waals surface area (Å²) in [5.74, 6) is 0.875. The van der Waals surface area contributed by atoms with Crippen molar-refractivity contribution in [1.82, 2.24) is 10.6 Å². The van der Waals surface area contributed by atoms with Gasteiger partial charge in [0, 0.05) is 13.1 Å². The third-order valence-electron chi connectivity index (χ3n) is 3.72. The fraction of sp³-hybridized carbons (Fsp3) is 0.235. The SMILES string of the molecule is CC(N=C1NCCN1)(c1ccccc1)c1ccccc1.Cl. The van der Waals surface area contributed by atoms with Gasteiger partial charge in [0.25, 0.3) is 0 Å². The molecule has 1 aliphatic rings. The van der Waals surface area contributed by atoms with E-state index in [0.29, 0.717) is 0 Å². The highest BCUT2D eigenvalue weighted by Gasteiger charge is 2.29. The maximum absolute atomic E-state index is 4.94. The lowest BCUT2D eigenvalue weighted by molar-refractivity contribution is 0.601. The van der Waals surface area contributed by atoms with Gasteiger partial charge in [-0.15, -0.1) is 12.4 Å². The lowest BCUT2D eigenvalue weighted by atomic mass is 9.85. The Balaban J connectivity index is 0.00000161. The van der Waals surface area contributed by atoms with Crippen molar-refractivity contribution in [3.63, 3.8) is 0 Å². The van der Waals surface area contributed by atoms with E-state index in [4.69, 9.17) is 4.99 Å². The molecular formula is C17H20ClN3. The Kier molecular flexibility index (Phi) is 4.86. The number of hydrogen-bond donors (Lipinski definition) is 2. The fourth-order valence-electron chi connectivity index (χ4n) is 2.55. The molecule has 1 fully saturated rings. The smallest absolute Gasteiger partial charge is 0.192 e. The highest BCUT2D eigenvalue weighted by molar-refractivity contribution is 5.85. The van der Waals surface area contributed by atoms with Crippen LogP contribution in [0.3, 0.4) is 0 Å². The minimum atomic E-state index is -0.387. The van der Waals surface area contributed by atoms with Crippen molar-refractivity contribution >= 4 is 18.4 Å². The standard InChI is InChI=1S/C17H19N3.ClH/c1-17(14-8-4-2-5-9-14,15-10-6-3-7-11-15)20-16-18-12-13-19-16;/h2-11H,12-13H2,1H3,(H2,18,19,20);1H. The number of guanidine groups is 1. The number of halogens is 1. The summed E-state index contributed by atoms with van der Waals surface area (Å²) in [7, 11) is 0. The molecule has 0 saturated carbocycles. The molecule has 1 heterocycles. The minimum absolute atomic E-state index is 0. The summed E-state index contributed by atoms with van der Waals surface area (Å²) in [5.41, 5.74) is 1.99. The van der Waals surface area contributed by atoms with Gasteiger partial charge in [-0.05, 0) is 18.1 Å². The maximum atomic E-state index is 4.94. The molecule has 0 radical (unpaired) electrons. The van der Waals surface area contributed by atoms with E-state index in [1.165, 1.54) is 11.1 Å². The zero-order valence-corrected chi connectivity index (χ0v) is 12.9. The quantitative estimate of drug-likeness (QED) is 0.914. The Bertz CT molecular complexity index is 548. The van der Waals surface area contributed by atoms with Gasteiger partial charge in [-0.1, -0.05) is 60.7 Å². The van der Waals surface area contributed by atoms with Gasteiger partial charge < -0.3 is 10.6 Å². The topological polar surface area (TPSA) is 36.4 Å². The lowest BCUT2D eigenvalue weighted by Crippen LogP contribution is -2.31. The molecule has 1 saturated heterocycles. The molecule has 0 aromatic heterocycles. The van der Waals surface area contributed by atoms with Crippen LogP contribution in [0.5, 0.6) is 0 Å². The number of benzene rings is 2. The van der Waals surface area contributed by atoms with Gasteiger partial charge in [-0.2, -0.15) is 0 Å². The van der Waals surface area contributed by atoms with Crippen molar-refractivity contribution in [2.24, 2.45) is 4.99 Å². The molecule has 0 unspecified atom stereocenters. The third kappa shape index (κ3) is 3.19. The van der Waals surface area contributed by atoms with Gasteiger partial charge in [0.2, 0.25) is 0 Å². The molecule has 2 aromatic carbocycles. The monoisotopic (exact) mass is 301 g/mol. The van der Waals surface area contributed by atoms with Gasteiger partial charge >= 0.3 is 0 Å². The molecule has 3 rings (SSSR count). The largest absolute Gasteiger partial charge is 0.355 e. The van der Waals surface area contributed by atoms with E-state index >= 15 is 0 Å². The van der Waals surface area contributed by atoms with E-state index in [0.717, 1.165) is 19.0 Å². The zero-order chi connectivity index (χ0) is 13.8. The number of hydrogen-bond acceptors (Lipinski definition) is 1. The molecule has 3 nitrogen and oxygen atoms in total. The molecule has 110 valence electrons. The first kappa shape index (κ1) is 15.4. The van der Waals surface area contributed by atoms with Crippen LogP contribution in [0.15, 0.2) is 65.7 Å². The number of rotatable bonds is 3. The molecule has 2 aromatic rings. The molecule has 0 spiro atoms. The third-order valence-corrected chi connectivity index (χ3v) is 3.72. The normalized spacial score (nSPS) is 13.9. The summed E-state index contributed by atoms with van der Waals surface area (Å²) in [6, 6.07) is 20.8. The summed E-state index contributed by atoms with van der Waals surface area (Å²) in [5, 5.41) is 6.58. The van der Waals surface area contributed by atoms with Gasteiger partial charge in [0.1, 0.15) is 5.54 Å². The van der Waals surface area contributed by atoms with Crippen LogP contribution in [0.25, 0.3) is 0 Å². The van der Waals surface area contributed by atoms with Crippen LogP contribution in [0.2, 0.25) is 0 Å².